The lowest BCUT2D eigenvalue weighted by Crippen LogP contribution is -2.48. The summed E-state index contributed by atoms with van der Waals surface area (Å²) < 4.78 is 1.19. The van der Waals surface area contributed by atoms with Crippen LogP contribution in [-0.4, -0.2) is 42.0 Å². The van der Waals surface area contributed by atoms with Gasteiger partial charge in [-0.15, -0.1) is 11.3 Å². The highest BCUT2D eigenvalue weighted by molar-refractivity contribution is 7.18. The maximum atomic E-state index is 12.5. The maximum absolute atomic E-state index is 12.5. The summed E-state index contributed by atoms with van der Waals surface area (Å²) in [4.78, 5) is 24.5. The average Bonchev–Trinajstić information content (AvgIpc) is 3.10. The van der Waals surface area contributed by atoms with Crippen molar-refractivity contribution in [2.75, 3.05) is 31.1 Å². The predicted molar refractivity (Wildman–Crippen MR) is 99.7 cm³/mol. The molecule has 0 bridgehead atoms. The molecule has 1 aromatic carbocycles. The van der Waals surface area contributed by atoms with Gasteiger partial charge in [0.2, 0.25) is 5.91 Å². The molecule has 0 unspecified atom stereocenters. The molecule has 0 aliphatic carbocycles. The minimum atomic E-state index is 0.236. The third-order valence-corrected chi connectivity index (χ3v) is 5.69. The first kappa shape index (κ1) is 16.0. The number of para-hydroxylation sites is 1. The van der Waals surface area contributed by atoms with Crippen LogP contribution >= 0.6 is 11.3 Å². The van der Waals surface area contributed by atoms with Crippen LogP contribution < -0.4 is 9.88 Å². The number of carbonyl (C=O) groups is 1. The second-order valence-corrected chi connectivity index (χ2v) is 7.32. The molecule has 1 saturated heterocycles. The molecule has 2 aromatic heterocycles. The molecule has 128 valence electrons. The van der Waals surface area contributed by atoms with Gasteiger partial charge in [-0.3, -0.25) is 4.79 Å². The van der Waals surface area contributed by atoms with E-state index in [1.165, 1.54) is 10.4 Å². The Balaban J connectivity index is 1.30. The summed E-state index contributed by atoms with van der Waals surface area (Å²) in [7, 11) is 0. The molecule has 25 heavy (non-hydrogen) atoms. The standard InChI is InChI=1S/C19H20N4OS/c24-19(6-5-18-21-16-3-1-2-4-17(16)25-18)23-13-11-22(12-14-23)15-7-9-20-10-8-15/h1-4,7-10H,5-6,11-14H2/p+1. The number of amides is 1. The van der Waals surface area contributed by atoms with Crippen molar-refractivity contribution in [1.82, 2.24) is 9.88 Å². The second-order valence-electron chi connectivity index (χ2n) is 6.20. The Morgan fingerprint density at radius 1 is 1.08 bits per heavy atom. The first-order chi connectivity index (χ1) is 12.3. The van der Waals surface area contributed by atoms with Crippen LogP contribution in [0.1, 0.15) is 11.4 Å². The van der Waals surface area contributed by atoms with Crippen LogP contribution in [0.15, 0.2) is 48.8 Å². The average molecular weight is 353 g/mol. The number of thiazole rings is 1. The van der Waals surface area contributed by atoms with E-state index >= 15 is 0 Å². The van der Waals surface area contributed by atoms with E-state index in [2.05, 4.69) is 33.1 Å². The van der Waals surface area contributed by atoms with Gasteiger partial charge >= 0.3 is 0 Å². The van der Waals surface area contributed by atoms with Gasteiger partial charge in [0.15, 0.2) is 12.4 Å². The van der Waals surface area contributed by atoms with E-state index in [-0.39, 0.29) is 5.91 Å². The molecule has 5 nitrogen and oxygen atoms in total. The fourth-order valence-corrected chi connectivity index (χ4v) is 4.17. The number of nitrogens with one attached hydrogen (secondary N) is 1. The topological polar surface area (TPSA) is 50.6 Å². The van der Waals surface area contributed by atoms with Crippen molar-refractivity contribution < 1.29 is 9.78 Å². The first-order valence-electron chi connectivity index (χ1n) is 8.63. The largest absolute Gasteiger partial charge is 0.368 e. The zero-order valence-electron chi connectivity index (χ0n) is 14.0. The summed E-state index contributed by atoms with van der Waals surface area (Å²) >= 11 is 1.69. The summed E-state index contributed by atoms with van der Waals surface area (Å²) in [5.74, 6) is 0.236. The number of H-pyrrole nitrogens is 1. The van der Waals surface area contributed by atoms with Gasteiger partial charge in [-0.1, -0.05) is 12.1 Å². The lowest BCUT2D eigenvalue weighted by atomic mass is 10.2. The molecule has 0 atom stereocenters. The number of aromatic amines is 1. The number of hydrogen-bond acceptors (Lipinski definition) is 4. The highest BCUT2D eigenvalue weighted by atomic mass is 32.1. The Labute approximate surface area is 150 Å². The van der Waals surface area contributed by atoms with Crippen LogP contribution in [0.2, 0.25) is 0 Å². The molecule has 1 aliphatic rings. The van der Waals surface area contributed by atoms with Gasteiger partial charge in [0.1, 0.15) is 0 Å². The molecule has 0 radical (unpaired) electrons. The number of aromatic nitrogens is 2. The zero-order chi connectivity index (χ0) is 17.1. The van der Waals surface area contributed by atoms with Crippen LogP contribution in [0.25, 0.3) is 10.2 Å². The van der Waals surface area contributed by atoms with Crippen LogP contribution in [0.5, 0.6) is 0 Å². The van der Waals surface area contributed by atoms with Crippen molar-refractivity contribution >= 4 is 33.1 Å². The van der Waals surface area contributed by atoms with Crippen LogP contribution in [0, 0.1) is 0 Å². The van der Waals surface area contributed by atoms with Gasteiger partial charge in [0, 0.05) is 56.8 Å². The van der Waals surface area contributed by atoms with Gasteiger partial charge in [0.05, 0.1) is 15.2 Å². The van der Waals surface area contributed by atoms with Crippen molar-refractivity contribution in [2.24, 2.45) is 0 Å². The van der Waals surface area contributed by atoms with Gasteiger partial charge in [-0.05, 0) is 12.1 Å². The molecule has 4 rings (SSSR count). The smallest absolute Gasteiger partial charge is 0.223 e. The summed E-state index contributed by atoms with van der Waals surface area (Å²) in [5, 5.41) is 1.05. The van der Waals surface area contributed by atoms with E-state index in [0.29, 0.717) is 6.42 Å². The van der Waals surface area contributed by atoms with Crippen molar-refractivity contribution in [2.45, 2.75) is 12.8 Å². The van der Waals surface area contributed by atoms with Gasteiger partial charge in [-0.2, -0.15) is 0 Å². The van der Waals surface area contributed by atoms with E-state index in [1.807, 2.05) is 35.5 Å². The maximum Gasteiger partial charge on any atom is 0.223 e. The fraction of sp³-hybridized carbons (Fsp3) is 0.316. The van der Waals surface area contributed by atoms with Crippen LogP contribution in [0.4, 0.5) is 5.69 Å². The van der Waals surface area contributed by atoms with Crippen LogP contribution in [0.3, 0.4) is 0 Å². The van der Waals surface area contributed by atoms with Gasteiger partial charge < -0.3 is 9.80 Å². The highest BCUT2D eigenvalue weighted by Crippen LogP contribution is 2.23. The Bertz CT molecular complexity index is 823. The minimum Gasteiger partial charge on any atom is -0.368 e. The summed E-state index contributed by atoms with van der Waals surface area (Å²) in [6, 6.07) is 12.3. The number of piperazine rings is 1. The number of rotatable bonds is 4. The number of pyridine rings is 1. The molecule has 6 heteroatoms. The van der Waals surface area contributed by atoms with E-state index in [1.54, 1.807) is 11.3 Å². The number of hydrogen-bond donors (Lipinski definition) is 0. The Morgan fingerprint density at radius 3 is 2.60 bits per heavy atom. The van der Waals surface area contributed by atoms with E-state index in [4.69, 9.17) is 0 Å². The molecular weight excluding hydrogens is 332 g/mol. The van der Waals surface area contributed by atoms with E-state index < -0.39 is 0 Å². The third kappa shape index (κ3) is 3.64. The van der Waals surface area contributed by atoms with Crippen molar-refractivity contribution in [3.05, 3.63) is 53.8 Å². The Hall–Kier alpha value is -2.47. The van der Waals surface area contributed by atoms with Crippen molar-refractivity contribution in [3.63, 3.8) is 0 Å². The zero-order valence-corrected chi connectivity index (χ0v) is 14.8. The lowest BCUT2D eigenvalue weighted by Gasteiger charge is -2.35. The number of anilines is 1. The van der Waals surface area contributed by atoms with Gasteiger partial charge in [0.25, 0.3) is 0 Å². The Kier molecular flexibility index (Phi) is 4.61. The Morgan fingerprint density at radius 2 is 1.84 bits per heavy atom. The van der Waals surface area contributed by atoms with Crippen molar-refractivity contribution in [3.8, 4) is 0 Å². The lowest BCUT2D eigenvalue weighted by molar-refractivity contribution is -0.377. The SMILES string of the molecule is O=C(CCc1nc2ccccc2s1)N1CCN(c2cc[nH+]cc2)CC1. The monoisotopic (exact) mass is 353 g/mol. The highest BCUT2D eigenvalue weighted by Gasteiger charge is 2.21. The normalized spacial score (nSPS) is 14.9. The number of fused-ring (bicyclic) bond motifs is 1. The van der Waals surface area contributed by atoms with Crippen molar-refractivity contribution in [1.29, 1.82) is 0 Å². The minimum absolute atomic E-state index is 0.236. The number of benzene rings is 1. The fourth-order valence-electron chi connectivity index (χ4n) is 3.20. The third-order valence-electron chi connectivity index (χ3n) is 4.59. The van der Waals surface area contributed by atoms with Gasteiger partial charge in [-0.25, -0.2) is 9.97 Å². The quantitative estimate of drug-likeness (QED) is 0.724. The number of carbonyl (C=O) groups excluding carboxylic acids is 1. The molecule has 1 aliphatic heterocycles. The van der Waals surface area contributed by atoms with Crippen LogP contribution in [-0.2, 0) is 11.2 Å². The first-order valence-corrected chi connectivity index (χ1v) is 9.44. The number of aryl methyl sites for hydroxylation is 1. The summed E-state index contributed by atoms with van der Waals surface area (Å²) in [5.41, 5.74) is 2.24. The second kappa shape index (κ2) is 7.19. The molecule has 1 N–H and O–H groups in total. The van der Waals surface area contributed by atoms with E-state index in [9.17, 15) is 4.79 Å². The van der Waals surface area contributed by atoms with E-state index in [0.717, 1.165) is 43.1 Å². The molecule has 1 amide bonds. The molecule has 3 aromatic rings. The molecule has 3 heterocycles. The molecule has 0 spiro atoms. The number of nitrogens with zero attached hydrogens (tertiary/aromatic N) is 3. The molecule has 0 saturated carbocycles. The summed E-state index contributed by atoms with van der Waals surface area (Å²) in [6.45, 7) is 3.35. The molecule has 1 fully saturated rings. The summed E-state index contributed by atoms with van der Waals surface area (Å²) in [6.07, 6.45) is 5.14. The molecular formula is C19H21N4OS+. The predicted octanol–water partition coefficient (Wildman–Crippen LogP) is 2.39.